The fraction of sp³-hybridized carbons (Fsp3) is 0.182. The van der Waals surface area contributed by atoms with Gasteiger partial charge in [0.25, 0.3) is 0 Å². The second-order valence-electron chi connectivity index (χ2n) is 3.37. The number of H-pyrrole nitrogens is 1. The minimum atomic E-state index is -0.349. The van der Waals surface area contributed by atoms with E-state index in [1.807, 2.05) is 18.2 Å². The van der Waals surface area contributed by atoms with Gasteiger partial charge >= 0.3 is 5.69 Å². The van der Waals surface area contributed by atoms with Gasteiger partial charge in [0, 0.05) is 23.7 Å². The Hall–Kier alpha value is -2.01. The minimum absolute atomic E-state index is 0.349. The first kappa shape index (κ1) is 10.5. The lowest BCUT2D eigenvalue weighted by Crippen LogP contribution is -2.15. The number of nitrogens with two attached hydrogens (primary N) is 1. The highest BCUT2D eigenvalue weighted by Crippen LogP contribution is 2.14. The third-order valence-electron chi connectivity index (χ3n) is 2.19. The van der Waals surface area contributed by atoms with Crippen LogP contribution in [-0.2, 0) is 6.42 Å². The van der Waals surface area contributed by atoms with E-state index in [-0.39, 0.29) is 5.69 Å². The van der Waals surface area contributed by atoms with E-state index in [9.17, 15) is 4.79 Å². The predicted octanol–water partition coefficient (Wildman–Crippen LogP) is 0.333. The van der Waals surface area contributed by atoms with Crippen molar-refractivity contribution < 1.29 is 0 Å². The van der Waals surface area contributed by atoms with Crippen molar-refractivity contribution in [3.8, 4) is 11.3 Å². The molecule has 0 bridgehead atoms. The van der Waals surface area contributed by atoms with Crippen LogP contribution in [0.15, 0.2) is 35.4 Å². The number of hydrogen-bond donors (Lipinski definition) is 2. The van der Waals surface area contributed by atoms with Crippen molar-refractivity contribution in [2.24, 2.45) is 5.73 Å². The standard InChI is InChI=1S/C11H12N4O/c12-4-1-9-7-10(15-11(16)14-9)8-2-5-13-6-3-8/h2-3,5-7H,1,4,12H2,(H,14,15,16). The van der Waals surface area contributed by atoms with E-state index in [0.29, 0.717) is 18.7 Å². The Morgan fingerprint density at radius 2 is 2.06 bits per heavy atom. The molecule has 0 aliphatic rings. The summed E-state index contributed by atoms with van der Waals surface area (Å²) in [6.45, 7) is 0.496. The molecule has 2 heterocycles. The van der Waals surface area contributed by atoms with Gasteiger partial charge in [-0.25, -0.2) is 4.79 Å². The Balaban J connectivity index is 2.45. The van der Waals surface area contributed by atoms with Gasteiger partial charge in [-0.15, -0.1) is 0 Å². The van der Waals surface area contributed by atoms with Gasteiger partial charge in [0.15, 0.2) is 0 Å². The molecule has 0 atom stereocenters. The molecule has 0 amide bonds. The monoisotopic (exact) mass is 216 g/mol. The van der Waals surface area contributed by atoms with Crippen molar-refractivity contribution in [1.29, 1.82) is 0 Å². The summed E-state index contributed by atoms with van der Waals surface area (Å²) in [6, 6.07) is 5.46. The molecule has 2 aromatic rings. The highest BCUT2D eigenvalue weighted by Gasteiger charge is 2.02. The highest BCUT2D eigenvalue weighted by atomic mass is 16.1. The molecule has 2 rings (SSSR count). The maximum Gasteiger partial charge on any atom is 0.345 e. The van der Waals surface area contributed by atoms with E-state index >= 15 is 0 Å². The molecule has 5 nitrogen and oxygen atoms in total. The van der Waals surface area contributed by atoms with Gasteiger partial charge in [-0.1, -0.05) is 0 Å². The first-order chi connectivity index (χ1) is 7.79. The van der Waals surface area contributed by atoms with Gasteiger partial charge in [-0.2, -0.15) is 4.98 Å². The third-order valence-corrected chi connectivity index (χ3v) is 2.19. The van der Waals surface area contributed by atoms with E-state index in [2.05, 4.69) is 15.0 Å². The zero-order chi connectivity index (χ0) is 11.4. The summed E-state index contributed by atoms with van der Waals surface area (Å²) in [4.78, 5) is 21.8. The van der Waals surface area contributed by atoms with Crippen LogP contribution in [-0.4, -0.2) is 21.5 Å². The average molecular weight is 216 g/mol. The van der Waals surface area contributed by atoms with Crippen LogP contribution in [0.25, 0.3) is 11.3 Å². The third kappa shape index (κ3) is 2.32. The molecule has 5 heteroatoms. The van der Waals surface area contributed by atoms with Crippen LogP contribution < -0.4 is 11.4 Å². The highest BCUT2D eigenvalue weighted by molar-refractivity contribution is 5.57. The smallest absolute Gasteiger partial charge is 0.330 e. The summed E-state index contributed by atoms with van der Waals surface area (Å²) in [5.41, 5.74) is 7.42. The van der Waals surface area contributed by atoms with Crippen LogP contribution in [0.3, 0.4) is 0 Å². The molecular weight excluding hydrogens is 204 g/mol. The zero-order valence-corrected chi connectivity index (χ0v) is 8.68. The molecule has 2 aromatic heterocycles. The van der Waals surface area contributed by atoms with E-state index in [4.69, 9.17) is 5.73 Å². The molecule has 0 saturated carbocycles. The van der Waals surface area contributed by atoms with Crippen molar-refractivity contribution in [3.05, 3.63) is 46.8 Å². The Kier molecular flexibility index (Phi) is 3.07. The number of nitrogens with one attached hydrogen (secondary N) is 1. The number of aromatic nitrogens is 3. The van der Waals surface area contributed by atoms with Gasteiger partial charge in [0.2, 0.25) is 0 Å². The second-order valence-corrected chi connectivity index (χ2v) is 3.37. The zero-order valence-electron chi connectivity index (χ0n) is 8.68. The molecule has 0 aliphatic carbocycles. The molecule has 82 valence electrons. The molecule has 0 spiro atoms. The Bertz CT molecular complexity index is 521. The SMILES string of the molecule is NCCc1cc(-c2ccncc2)nc(=O)[nH]1. The normalized spacial score (nSPS) is 10.3. The Morgan fingerprint density at radius 3 is 2.75 bits per heavy atom. The lowest BCUT2D eigenvalue weighted by atomic mass is 10.1. The maximum atomic E-state index is 11.3. The Morgan fingerprint density at radius 1 is 1.31 bits per heavy atom. The maximum absolute atomic E-state index is 11.3. The summed E-state index contributed by atoms with van der Waals surface area (Å²) in [5, 5.41) is 0. The van der Waals surface area contributed by atoms with Crippen LogP contribution >= 0.6 is 0 Å². The van der Waals surface area contributed by atoms with Crippen molar-refractivity contribution in [3.63, 3.8) is 0 Å². The fourth-order valence-electron chi connectivity index (χ4n) is 1.47. The Labute approximate surface area is 92.4 Å². The summed E-state index contributed by atoms with van der Waals surface area (Å²) < 4.78 is 0. The lowest BCUT2D eigenvalue weighted by Gasteiger charge is -2.02. The summed E-state index contributed by atoms with van der Waals surface area (Å²) in [5.74, 6) is 0. The molecule has 0 radical (unpaired) electrons. The van der Waals surface area contributed by atoms with Crippen molar-refractivity contribution >= 4 is 0 Å². The number of nitrogens with zero attached hydrogens (tertiary/aromatic N) is 2. The van der Waals surface area contributed by atoms with Crippen molar-refractivity contribution in [2.45, 2.75) is 6.42 Å². The van der Waals surface area contributed by atoms with Crippen molar-refractivity contribution in [2.75, 3.05) is 6.54 Å². The van der Waals surface area contributed by atoms with Crippen LogP contribution in [0.2, 0.25) is 0 Å². The predicted molar refractivity (Wildman–Crippen MR) is 60.8 cm³/mol. The lowest BCUT2D eigenvalue weighted by molar-refractivity contribution is 0.892. The van der Waals surface area contributed by atoms with E-state index in [0.717, 1.165) is 11.3 Å². The van der Waals surface area contributed by atoms with Crippen LogP contribution in [0.5, 0.6) is 0 Å². The molecule has 0 fully saturated rings. The first-order valence-corrected chi connectivity index (χ1v) is 5.00. The van der Waals surface area contributed by atoms with Gasteiger partial charge < -0.3 is 10.7 Å². The molecule has 3 N–H and O–H groups in total. The summed E-state index contributed by atoms with van der Waals surface area (Å²) in [6.07, 6.45) is 3.97. The largest absolute Gasteiger partial charge is 0.345 e. The van der Waals surface area contributed by atoms with Crippen LogP contribution in [0, 0.1) is 0 Å². The molecule has 16 heavy (non-hydrogen) atoms. The molecule has 0 unspecified atom stereocenters. The van der Waals surface area contributed by atoms with Gasteiger partial charge in [-0.3, -0.25) is 4.98 Å². The summed E-state index contributed by atoms with van der Waals surface area (Å²) in [7, 11) is 0. The molecule has 0 aromatic carbocycles. The molecule has 0 aliphatic heterocycles. The van der Waals surface area contributed by atoms with Crippen molar-refractivity contribution in [1.82, 2.24) is 15.0 Å². The van der Waals surface area contributed by atoms with Gasteiger partial charge in [-0.05, 0) is 31.2 Å². The summed E-state index contributed by atoms with van der Waals surface area (Å²) >= 11 is 0. The van der Waals surface area contributed by atoms with Gasteiger partial charge in [0.1, 0.15) is 0 Å². The second kappa shape index (κ2) is 4.67. The quantitative estimate of drug-likeness (QED) is 0.774. The minimum Gasteiger partial charge on any atom is -0.330 e. The van der Waals surface area contributed by atoms with E-state index < -0.39 is 0 Å². The first-order valence-electron chi connectivity index (χ1n) is 5.00. The number of aromatic amines is 1. The number of hydrogen-bond acceptors (Lipinski definition) is 4. The number of rotatable bonds is 3. The average Bonchev–Trinajstić information content (AvgIpc) is 2.30. The van der Waals surface area contributed by atoms with Crippen LogP contribution in [0.1, 0.15) is 5.69 Å². The topological polar surface area (TPSA) is 84.7 Å². The van der Waals surface area contributed by atoms with Gasteiger partial charge in [0.05, 0.1) is 5.69 Å². The fourth-order valence-corrected chi connectivity index (χ4v) is 1.47. The van der Waals surface area contributed by atoms with E-state index in [1.54, 1.807) is 12.4 Å². The molecule has 0 saturated heterocycles. The van der Waals surface area contributed by atoms with Crippen LogP contribution in [0.4, 0.5) is 0 Å². The van der Waals surface area contributed by atoms with E-state index in [1.165, 1.54) is 0 Å². The number of pyridine rings is 1. The molecular formula is C11H12N4O.